The van der Waals surface area contributed by atoms with Gasteiger partial charge in [-0.15, -0.1) is 0 Å². The molecule has 7 nitrogen and oxygen atoms in total. The second kappa shape index (κ2) is 8.77. The summed E-state index contributed by atoms with van der Waals surface area (Å²) in [6, 6.07) is 12.1. The first-order chi connectivity index (χ1) is 12.8. The number of amides is 1. The number of aryl methyl sites for hydroxylation is 1. The molecule has 0 saturated carbocycles. The molecule has 1 amide bonds. The van der Waals surface area contributed by atoms with Crippen LogP contribution in [0.3, 0.4) is 0 Å². The van der Waals surface area contributed by atoms with Crippen molar-refractivity contribution >= 4 is 27.3 Å². The smallest absolute Gasteiger partial charge is 0.245 e. The van der Waals surface area contributed by atoms with Crippen LogP contribution in [-0.2, 0) is 21.2 Å². The minimum absolute atomic E-state index is 0.329. The lowest BCUT2D eigenvalue weighted by molar-refractivity contribution is -0.114. The summed E-state index contributed by atoms with van der Waals surface area (Å²) in [6.07, 6.45) is 1.74. The molecule has 2 aromatic rings. The van der Waals surface area contributed by atoms with Crippen LogP contribution >= 0.6 is 0 Å². The molecule has 0 saturated heterocycles. The lowest BCUT2D eigenvalue weighted by Crippen LogP contribution is -2.38. The molecule has 0 aliphatic carbocycles. The van der Waals surface area contributed by atoms with Crippen LogP contribution in [0.1, 0.15) is 12.5 Å². The summed E-state index contributed by atoms with van der Waals surface area (Å²) in [5.74, 6) is 0.537. The van der Waals surface area contributed by atoms with Crippen molar-refractivity contribution < 1.29 is 22.7 Å². The molecule has 0 aliphatic heterocycles. The van der Waals surface area contributed by atoms with E-state index in [9.17, 15) is 13.2 Å². The Morgan fingerprint density at radius 3 is 2.33 bits per heavy atom. The fourth-order valence-electron chi connectivity index (χ4n) is 2.68. The highest BCUT2D eigenvalue weighted by atomic mass is 32.2. The van der Waals surface area contributed by atoms with Crippen LogP contribution in [0.15, 0.2) is 42.5 Å². The predicted octanol–water partition coefficient (Wildman–Crippen LogP) is 2.67. The maximum absolute atomic E-state index is 12.5. The zero-order chi connectivity index (χ0) is 20.0. The van der Waals surface area contributed by atoms with E-state index in [0.29, 0.717) is 29.3 Å². The number of hydrogen-bond acceptors (Lipinski definition) is 5. The first-order valence-corrected chi connectivity index (χ1v) is 10.2. The molecule has 0 atom stereocenters. The van der Waals surface area contributed by atoms with Crippen molar-refractivity contribution in [3.63, 3.8) is 0 Å². The quantitative estimate of drug-likeness (QED) is 0.747. The number of anilines is 2. The number of sulfonamides is 1. The Labute approximate surface area is 160 Å². The van der Waals surface area contributed by atoms with Crippen molar-refractivity contribution in [1.82, 2.24) is 0 Å². The number of rotatable bonds is 8. The van der Waals surface area contributed by atoms with E-state index < -0.39 is 15.9 Å². The monoisotopic (exact) mass is 392 g/mol. The third kappa shape index (κ3) is 5.13. The normalized spacial score (nSPS) is 11.0. The predicted molar refractivity (Wildman–Crippen MR) is 106 cm³/mol. The van der Waals surface area contributed by atoms with E-state index in [4.69, 9.17) is 9.47 Å². The van der Waals surface area contributed by atoms with Crippen LogP contribution in [0.25, 0.3) is 0 Å². The molecule has 0 unspecified atom stereocenters. The van der Waals surface area contributed by atoms with Gasteiger partial charge in [-0.3, -0.25) is 9.10 Å². The lowest BCUT2D eigenvalue weighted by atomic mass is 10.1. The highest BCUT2D eigenvalue weighted by molar-refractivity contribution is 7.92. The van der Waals surface area contributed by atoms with E-state index >= 15 is 0 Å². The Bertz CT molecular complexity index is 912. The Balaban J connectivity index is 2.25. The molecule has 0 aromatic heterocycles. The van der Waals surface area contributed by atoms with E-state index in [2.05, 4.69) is 5.32 Å². The fraction of sp³-hybridized carbons (Fsp3) is 0.316. The maximum Gasteiger partial charge on any atom is 0.245 e. The first-order valence-electron chi connectivity index (χ1n) is 8.37. The molecule has 2 rings (SSSR count). The van der Waals surface area contributed by atoms with Crippen molar-refractivity contribution in [2.24, 2.45) is 0 Å². The maximum atomic E-state index is 12.5. The van der Waals surface area contributed by atoms with E-state index in [1.165, 1.54) is 14.2 Å². The van der Waals surface area contributed by atoms with Gasteiger partial charge in [0.15, 0.2) is 11.5 Å². The minimum atomic E-state index is -3.63. The number of methoxy groups -OCH3 is 2. The summed E-state index contributed by atoms with van der Waals surface area (Å²) >= 11 is 0. The third-order valence-electron chi connectivity index (χ3n) is 4.00. The molecule has 0 aliphatic rings. The molecule has 0 heterocycles. The summed E-state index contributed by atoms with van der Waals surface area (Å²) in [5, 5.41) is 2.70. The number of benzene rings is 2. The highest BCUT2D eigenvalue weighted by Crippen LogP contribution is 2.30. The summed E-state index contributed by atoms with van der Waals surface area (Å²) in [6.45, 7) is 1.60. The molecule has 1 N–H and O–H groups in total. The Morgan fingerprint density at radius 2 is 1.74 bits per heavy atom. The van der Waals surface area contributed by atoms with Crippen LogP contribution in [0.5, 0.6) is 11.5 Å². The highest BCUT2D eigenvalue weighted by Gasteiger charge is 2.23. The molecule has 0 radical (unpaired) electrons. The summed E-state index contributed by atoms with van der Waals surface area (Å²) in [4.78, 5) is 12.5. The zero-order valence-electron chi connectivity index (χ0n) is 15.9. The van der Waals surface area contributed by atoms with Crippen molar-refractivity contribution in [2.45, 2.75) is 13.3 Å². The number of carbonyl (C=O) groups is 1. The van der Waals surface area contributed by atoms with E-state index in [1.807, 2.05) is 19.1 Å². The number of nitrogens with zero attached hydrogens (tertiary/aromatic N) is 1. The molecule has 0 fully saturated rings. The molecule has 2 aromatic carbocycles. The Kier molecular flexibility index (Phi) is 6.68. The standard InChI is InChI=1S/C19H24N2O5S/c1-5-14-8-6-7-9-16(14)21(27(4,23)24)13-19(22)20-15-10-11-17(25-2)18(12-15)26-3/h6-12H,5,13H2,1-4H3,(H,20,22). The van der Waals surface area contributed by atoms with Crippen molar-refractivity contribution in [2.75, 3.05) is 36.6 Å². The lowest BCUT2D eigenvalue weighted by Gasteiger charge is -2.24. The van der Waals surface area contributed by atoms with Gasteiger partial charge in [0, 0.05) is 11.8 Å². The summed E-state index contributed by atoms with van der Waals surface area (Å²) in [7, 11) is -0.618. The van der Waals surface area contributed by atoms with Crippen LogP contribution < -0.4 is 19.1 Å². The Hall–Kier alpha value is -2.74. The molecular formula is C19H24N2O5S. The van der Waals surface area contributed by atoms with Gasteiger partial charge in [0.1, 0.15) is 6.54 Å². The number of ether oxygens (including phenoxy) is 2. The van der Waals surface area contributed by atoms with E-state index in [1.54, 1.807) is 30.3 Å². The van der Waals surface area contributed by atoms with Gasteiger partial charge in [-0.1, -0.05) is 25.1 Å². The van der Waals surface area contributed by atoms with Gasteiger partial charge in [-0.05, 0) is 30.2 Å². The van der Waals surface area contributed by atoms with Gasteiger partial charge in [0.2, 0.25) is 15.9 Å². The van der Waals surface area contributed by atoms with Crippen molar-refractivity contribution in [1.29, 1.82) is 0 Å². The molecular weight excluding hydrogens is 368 g/mol. The molecule has 146 valence electrons. The zero-order valence-corrected chi connectivity index (χ0v) is 16.7. The minimum Gasteiger partial charge on any atom is -0.493 e. The van der Waals surface area contributed by atoms with Gasteiger partial charge in [-0.2, -0.15) is 0 Å². The summed E-state index contributed by atoms with van der Waals surface area (Å²) < 4.78 is 36.0. The number of carbonyl (C=O) groups excluding carboxylic acids is 1. The summed E-state index contributed by atoms with van der Waals surface area (Å²) in [5.41, 5.74) is 1.83. The van der Waals surface area contributed by atoms with Crippen molar-refractivity contribution in [3.8, 4) is 11.5 Å². The van der Waals surface area contributed by atoms with Crippen LogP contribution in [0.4, 0.5) is 11.4 Å². The second-order valence-electron chi connectivity index (χ2n) is 5.87. The van der Waals surface area contributed by atoms with Crippen LogP contribution in [0, 0.1) is 0 Å². The van der Waals surface area contributed by atoms with Gasteiger partial charge in [-0.25, -0.2) is 8.42 Å². The van der Waals surface area contributed by atoms with Crippen LogP contribution in [0.2, 0.25) is 0 Å². The van der Waals surface area contributed by atoms with Gasteiger partial charge >= 0.3 is 0 Å². The number of nitrogens with one attached hydrogen (secondary N) is 1. The van der Waals surface area contributed by atoms with Gasteiger partial charge in [0.25, 0.3) is 0 Å². The average Bonchev–Trinajstić information content (AvgIpc) is 2.65. The van der Waals surface area contributed by atoms with Crippen molar-refractivity contribution in [3.05, 3.63) is 48.0 Å². The molecule has 0 bridgehead atoms. The van der Waals surface area contributed by atoms with E-state index in [-0.39, 0.29) is 6.54 Å². The Morgan fingerprint density at radius 1 is 1.07 bits per heavy atom. The average molecular weight is 392 g/mol. The fourth-order valence-corrected chi connectivity index (χ4v) is 3.57. The second-order valence-corrected chi connectivity index (χ2v) is 7.78. The molecule has 0 spiro atoms. The molecule has 27 heavy (non-hydrogen) atoms. The number of para-hydroxylation sites is 1. The SMILES string of the molecule is CCc1ccccc1N(CC(=O)Nc1ccc(OC)c(OC)c1)S(C)(=O)=O. The first kappa shape index (κ1) is 20.6. The number of hydrogen-bond donors (Lipinski definition) is 1. The van der Waals surface area contributed by atoms with Gasteiger partial charge in [0.05, 0.1) is 26.2 Å². The van der Waals surface area contributed by atoms with E-state index in [0.717, 1.165) is 16.1 Å². The topological polar surface area (TPSA) is 84.9 Å². The largest absolute Gasteiger partial charge is 0.493 e. The molecule has 8 heteroatoms. The third-order valence-corrected chi connectivity index (χ3v) is 5.12. The van der Waals surface area contributed by atoms with Crippen LogP contribution in [-0.4, -0.2) is 41.3 Å². The van der Waals surface area contributed by atoms with Gasteiger partial charge < -0.3 is 14.8 Å².